The minimum atomic E-state index is -2.94. The monoisotopic (exact) mass is 389 g/mol. The molecule has 0 saturated carbocycles. The second-order valence-electron chi connectivity index (χ2n) is 5.57. The maximum absolute atomic E-state index is 12.4. The Balaban J connectivity index is 1.78. The number of carbonyl (C=O) groups excluding carboxylic acids is 1. The van der Waals surface area contributed by atoms with Crippen LogP contribution < -0.4 is 10.1 Å². The summed E-state index contributed by atoms with van der Waals surface area (Å²) in [7, 11) is 0. The van der Waals surface area contributed by atoms with Gasteiger partial charge in [0.15, 0.2) is 5.69 Å². The van der Waals surface area contributed by atoms with Gasteiger partial charge >= 0.3 is 6.61 Å². The Morgan fingerprint density at radius 2 is 1.96 bits per heavy atom. The van der Waals surface area contributed by atoms with Gasteiger partial charge in [0.05, 0.1) is 16.3 Å². The fourth-order valence-corrected chi connectivity index (χ4v) is 2.43. The number of amides is 1. The highest BCUT2D eigenvalue weighted by atomic mass is 19.3. The van der Waals surface area contributed by atoms with Crippen LogP contribution in [0.3, 0.4) is 0 Å². The van der Waals surface area contributed by atoms with E-state index in [0.717, 1.165) is 0 Å². The van der Waals surface area contributed by atoms with E-state index in [1.54, 1.807) is 13.0 Å². The predicted molar refractivity (Wildman–Crippen MR) is 93.8 cm³/mol. The zero-order valence-electron chi connectivity index (χ0n) is 14.4. The lowest BCUT2D eigenvalue weighted by atomic mass is 10.2. The number of halogens is 2. The molecule has 1 heterocycles. The topological polar surface area (TPSA) is 112 Å². The zero-order chi connectivity index (χ0) is 20.3. The van der Waals surface area contributed by atoms with Crippen molar-refractivity contribution in [1.82, 2.24) is 15.0 Å². The fourth-order valence-electron chi connectivity index (χ4n) is 2.43. The first-order chi connectivity index (χ1) is 13.3. The van der Waals surface area contributed by atoms with E-state index in [9.17, 15) is 23.7 Å². The summed E-state index contributed by atoms with van der Waals surface area (Å²) >= 11 is 0. The molecule has 0 aliphatic heterocycles. The SMILES string of the molecule is Cc1c(C(=O)Nc2ccc(OC(F)F)cc2)nnn1-c1cccc([N+](=O)[O-])c1. The predicted octanol–water partition coefficient (Wildman–Crippen LogP) is 3.34. The maximum Gasteiger partial charge on any atom is 0.387 e. The third-order valence-corrected chi connectivity index (χ3v) is 3.73. The van der Waals surface area contributed by atoms with Crippen molar-refractivity contribution in [2.45, 2.75) is 13.5 Å². The molecular formula is C17H13F2N5O4. The molecule has 3 rings (SSSR count). The van der Waals surface area contributed by atoms with Gasteiger partial charge in [-0.2, -0.15) is 8.78 Å². The second kappa shape index (κ2) is 7.78. The molecule has 3 aromatic rings. The van der Waals surface area contributed by atoms with E-state index in [4.69, 9.17) is 0 Å². The lowest BCUT2D eigenvalue weighted by Crippen LogP contribution is -2.14. The lowest BCUT2D eigenvalue weighted by Gasteiger charge is -2.07. The average molecular weight is 389 g/mol. The first kappa shape index (κ1) is 18.9. The van der Waals surface area contributed by atoms with Gasteiger partial charge in [0, 0.05) is 17.8 Å². The first-order valence-electron chi connectivity index (χ1n) is 7.88. The van der Waals surface area contributed by atoms with E-state index in [2.05, 4.69) is 20.4 Å². The Kier molecular flexibility index (Phi) is 5.25. The number of aromatic nitrogens is 3. The number of hydrogen-bond donors (Lipinski definition) is 1. The molecule has 0 unspecified atom stereocenters. The van der Waals surface area contributed by atoms with Crippen molar-refractivity contribution in [3.05, 3.63) is 70.0 Å². The van der Waals surface area contributed by atoms with Crippen LogP contribution >= 0.6 is 0 Å². The molecule has 28 heavy (non-hydrogen) atoms. The van der Waals surface area contributed by atoms with Crippen LogP contribution in [0.5, 0.6) is 5.75 Å². The number of anilines is 1. The van der Waals surface area contributed by atoms with E-state index in [0.29, 0.717) is 17.1 Å². The summed E-state index contributed by atoms with van der Waals surface area (Å²) < 4.78 is 29.9. The number of non-ortho nitro benzene ring substituents is 1. The highest BCUT2D eigenvalue weighted by Gasteiger charge is 2.19. The number of ether oxygens (including phenoxy) is 1. The molecule has 1 amide bonds. The van der Waals surface area contributed by atoms with Crippen LogP contribution in [0.4, 0.5) is 20.2 Å². The van der Waals surface area contributed by atoms with Crippen molar-refractivity contribution < 1.29 is 23.2 Å². The standard InChI is InChI=1S/C17H13F2N5O4/c1-10-15(16(25)20-11-5-7-14(8-6-11)28-17(18)19)21-22-23(10)12-3-2-4-13(9-12)24(26)27/h2-9,17H,1H3,(H,20,25). The molecule has 11 heteroatoms. The Morgan fingerprint density at radius 1 is 1.25 bits per heavy atom. The third kappa shape index (κ3) is 4.09. The maximum atomic E-state index is 12.4. The summed E-state index contributed by atoms with van der Waals surface area (Å²) in [5.41, 5.74) is 0.988. The van der Waals surface area contributed by atoms with E-state index >= 15 is 0 Å². The number of alkyl halides is 2. The Labute approximate surface area is 156 Å². The van der Waals surface area contributed by atoms with Gasteiger partial charge in [-0.1, -0.05) is 11.3 Å². The Bertz CT molecular complexity index is 1020. The van der Waals surface area contributed by atoms with Crippen LogP contribution in [-0.4, -0.2) is 32.4 Å². The first-order valence-corrected chi connectivity index (χ1v) is 7.88. The van der Waals surface area contributed by atoms with E-state index < -0.39 is 17.4 Å². The molecule has 1 aromatic heterocycles. The van der Waals surface area contributed by atoms with Crippen LogP contribution in [0, 0.1) is 17.0 Å². The molecule has 0 bridgehead atoms. The zero-order valence-corrected chi connectivity index (χ0v) is 14.4. The van der Waals surface area contributed by atoms with E-state index in [1.165, 1.54) is 47.1 Å². The number of benzene rings is 2. The van der Waals surface area contributed by atoms with Crippen molar-refractivity contribution in [2.24, 2.45) is 0 Å². The van der Waals surface area contributed by atoms with Gasteiger partial charge in [0.1, 0.15) is 5.75 Å². The number of nitro benzene ring substituents is 1. The van der Waals surface area contributed by atoms with Crippen molar-refractivity contribution in [3.8, 4) is 11.4 Å². The van der Waals surface area contributed by atoms with Gasteiger partial charge in [-0.25, -0.2) is 4.68 Å². The highest BCUT2D eigenvalue weighted by Crippen LogP contribution is 2.20. The van der Waals surface area contributed by atoms with Crippen molar-refractivity contribution in [3.63, 3.8) is 0 Å². The summed E-state index contributed by atoms with van der Waals surface area (Å²) in [5.74, 6) is -0.613. The number of nitrogens with zero attached hydrogens (tertiary/aromatic N) is 4. The molecule has 0 radical (unpaired) electrons. The van der Waals surface area contributed by atoms with Gasteiger partial charge in [0.25, 0.3) is 11.6 Å². The molecule has 0 aliphatic carbocycles. The molecule has 0 atom stereocenters. The summed E-state index contributed by atoms with van der Waals surface area (Å²) in [5, 5.41) is 21.2. The molecule has 1 N–H and O–H groups in total. The summed E-state index contributed by atoms with van der Waals surface area (Å²) in [6.07, 6.45) is 0. The fraction of sp³-hybridized carbons (Fsp3) is 0.118. The van der Waals surface area contributed by atoms with Crippen LogP contribution in [-0.2, 0) is 0 Å². The summed E-state index contributed by atoms with van der Waals surface area (Å²) in [6.45, 7) is -1.35. The van der Waals surface area contributed by atoms with Gasteiger partial charge in [-0.05, 0) is 37.3 Å². The van der Waals surface area contributed by atoms with Crippen LogP contribution in [0.2, 0.25) is 0 Å². The van der Waals surface area contributed by atoms with Gasteiger partial charge in [0.2, 0.25) is 0 Å². The normalized spacial score (nSPS) is 10.7. The molecule has 0 saturated heterocycles. The van der Waals surface area contributed by atoms with Gasteiger partial charge in [-0.15, -0.1) is 5.10 Å². The summed E-state index contributed by atoms with van der Waals surface area (Å²) in [4.78, 5) is 22.8. The Morgan fingerprint density at radius 3 is 2.61 bits per heavy atom. The molecule has 0 fully saturated rings. The molecule has 2 aromatic carbocycles. The van der Waals surface area contributed by atoms with Crippen molar-refractivity contribution in [1.29, 1.82) is 0 Å². The van der Waals surface area contributed by atoms with Crippen molar-refractivity contribution >= 4 is 17.3 Å². The van der Waals surface area contributed by atoms with Gasteiger partial charge < -0.3 is 10.1 Å². The number of rotatable bonds is 6. The van der Waals surface area contributed by atoms with Crippen molar-refractivity contribution in [2.75, 3.05) is 5.32 Å². The lowest BCUT2D eigenvalue weighted by molar-refractivity contribution is -0.384. The molecule has 144 valence electrons. The molecule has 0 aliphatic rings. The highest BCUT2D eigenvalue weighted by molar-refractivity contribution is 6.03. The van der Waals surface area contributed by atoms with Gasteiger partial charge in [-0.3, -0.25) is 14.9 Å². The number of nitro groups is 1. The molecule has 9 nitrogen and oxygen atoms in total. The number of hydrogen-bond acceptors (Lipinski definition) is 6. The summed E-state index contributed by atoms with van der Waals surface area (Å²) in [6, 6.07) is 11.1. The second-order valence-corrected chi connectivity index (χ2v) is 5.57. The van der Waals surface area contributed by atoms with E-state index in [1.807, 2.05) is 0 Å². The largest absolute Gasteiger partial charge is 0.435 e. The minimum absolute atomic E-state index is 0.0133. The minimum Gasteiger partial charge on any atom is -0.435 e. The van der Waals surface area contributed by atoms with Crippen LogP contribution in [0.25, 0.3) is 5.69 Å². The number of carbonyl (C=O) groups is 1. The van der Waals surface area contributed by atoms with Crippen LogP contribution in [0.15, 0.2) is 48.5 Å². The quantitative estimate of drug-likeness (QED) is 0.511. The average Bonchev–Trinajstić information content (AvgIpc) is 3.04. The third-order valence-electron chi connectivity index (χ3n) is 3.73. The number of nitrogens with one attached hydrogen (secondary N) is 1. The molecule has 0 spiro atoms. The molecular weight excluding hydrogens is 376 g/mol. The van der Waals surface area contributed by atoms with Crippen LogP contribution in [0.1, 0.15) is 16.2 Å². The smallest absolute Gasteiger partial charge is 0.387 e. The Hall–Kier alpha value is -3.89. The van der Waals surface area contributed by atoms with E-state index in [-0.39, 0.29) is 17.1 Å².